The van der Waals surface area contributed by atoms with Crippen molar-refractivity contribution in [3.8, 4) is 11.5 Å². The number of hydrogen-bond acceptors (Lipinski definition) is 5. The van der Waals surface area contributed by atoms with Gasteiger partial charge in [-0.15, -0.1) is 0 Å². The molecule has 1 N–H and O–H groups in total. The highest BCUT2D eigenvalue weighted by molar-refractivity contribution is 6.06. The van der Waals surface area contributed by atoms with Gasteiger partial charge in [0.25, 0.3) is 5.91 Å². The Balaban J connectivity index is 2.26. The molecule has 6 heteroatoms. The molecule has 0 radical (unpaired) electrons. The Morgan fingerprint density at radius 1 is 1.04 bits per heavy atom. The molecule has 0 aliphatic rings. The van der Waals surface area contributed by atoms with Crippen LogP contribution in [0, 0.1) is 6.92 Å². The summed E-state index contributed by atoms with van der Waals surface area (Å²) in [7, 11) is 3.04. The minimum atomic E-state index is -0.415. The largest absolute Gasteiger partial charge is 0.493 e. The van der Waals surface area contributed by atoms with Gasteiger partial charge in [-0.2, -0.15) is 0 Å². The first-order valence-electron chi connectivity index (χ1n) is 7.81. The monoisotopic (exact) mass is 343 g/mol. The molecule has 0 aromatic heterocycles. The van der Waals surface area contributed by atoms with E-state index in [9.17, 15) is 9.59 Å². The summed E-state index contributed by atoms with van der Waals surface area (Å²) < 4.78 is 15.4. The summed E-state index contributed by atoms with van der Waals surface area (Å²) in [6, 6.07) is 10.00. The predicted molar refractivity (Wildman–Crippen MR) is 94.6 cm³/mol. The first-order valence-corrected chi connectivity index (χ1v) is 7.81. The van der Waals surface area contributed by atoms with Crippen LogP contribution in [0.1, 0.15) is 33.2 Å². The number of anilines is 1. The third kappa shape index (κ3) is 4.09. The number of esters is 1. The van der Waals surface area contributed by atoms with Crippen molar-refractivity contribution in [2.24, 2.45) is 0 Å². The second-order valence-corrected chi connectivity index (χ2v) is 5.22. The number of carbonyl (C=O) groups excluding carboxylic acids is 2. The van der Waals surface area contributed by atoms with Crippen molar-refractivity contribution in [2.75, 3.05) is 26.1 Å². The number of nitrogens with one attached hydrogen (secondary N) is 1. The Bertz CT molecular complexity index is 785. The molecule has 0 unspecified atom stereocenters. The summed E-state index contributed by atoms with van der Waals surface area (Å²) in [6.07, 6.45) is 0. The van der Waals surface area contributed by atoms with Crippen molar-refractivity contribution in [1.82, 2.24) is 0 Å². The van der Waals surface area contributed by atoms with Crippen LogP contribution in [0.2, 0.25) is 0 Å². The third-order valence-corrected chi connectivity index (χ3v) is 3.72. The van der Waals surface area contributed by atoms with Gasteiger partial charge in [0.05, 0.1) is 26.4 Å². The molecule has 0 saturated carbocycles. The summed E-state index contributed by atoms with van der Waals surface area (Å²) >= 11 is 0. The van der Waals surface area contributed by atoms with Gasteiger partial charge in [0.15, 0.2) is 11.5 Å². The number of amides is 1. The molecule has 0 spiro atoms. The zero-order chi connectivity index (χ0) is 18.4. The summed E-state index contributed by atoms with van der Waals surface area (Å²) in [5.74, 6) is 0.277. The van der Waals surface area contributed by atoms with Crippen molar-refractivity contribution in [3.05, 3.63) is 53.1 Å². The van der Waals surface area contributed by atoms with Gasteiger partial charge < -0.3 is 19.5 Å². The minimum Gasteiger partial charge on any atom is -0.493 e. The van der Waals surface area contributed by atoms with Gasteiger partial charge in [-0.3, -0.25) is 4.79 Å². The summed E-state index contributed by atoms with van der Waals surface area (Å²) in [6.45, 7) is 3.80. The maximum atomic E-state index is 12.5. The van der Waals surface area contributed by atoms with Gasteiger partial charge in [0, 0.05) is 11.3 Å². The Labute approximate surface area is 146 Å². The molecule has 2 aromatic rings. The molecule has 0 saturated heterocycles. The van der Waals surface area contributed by atoms with E-state index in [0.29, 0.717) is 40.5 Å². The van der Waals surface area contributed by atoms with Crippen LogP contribution in [-0.4, -0.2) is 32.7 Å². The molecule has 0 atom stereocenters. The number of rotatable bonds is 6. The second-order valence-electron chi connectivity index (χ2n) is 5.22. The molecule has 132 valence electrons. The van der Waals surface area contributed by atoms with Gasteiger partial charge in [-0.05, 0) is 49.7 Å². The van der Waals surface area contributed by atoms with Gasteiger partial charge in [0.1, 0.15) is 0 Å². The zero-order valence-corrected chi connectivity index (χ0v) is 14.7. The van der Waals surface area contributed by atoms with E-state index in [1.54, 1.807) is 50.2 Å². The third-order valence-electron chi connectivity index (χ3n) is 3.72. The molecule has 6 nitrogen and oxygen atoms in total. The quantitative estimate of drug-likeness (QED) is 0.813. The molecule has 1 amide bonds. The molecule has 2 rings (SSSR count). The predicted octanol–water partition coefficient (Wildman–Crippen LogP) is 3.44. The van der Waals surface area contributed by atoms with Crippen molar-refractivity contribution < 1.29 is 23.8 Å². The molecular formula is C19H21NO5. The van der Waals surface area contributed by atoms with E-state index >= 15 is 0 Å². The highest BCUT2D eigenvalue weighted by Gasteiger charge is 2.16. The standard InChI is InChI=1S/C19H21NO5/c1-5-25-19(22)14-7-6-8-15(12(14)2)20-18(21)13-9-10-16(23-3)17(11-13)24-4/h6-11H,5H2,1-4H3,(H,20,21). The van der Waals surface area contributed by atoms with E-state index in [1.807, 2.05) is 0 Å². The average molecular weight is 343 g/mol. The molecule has 25 heavy (non-hydrogen) atoms. The number of methoxy groups -OCH3 is 2. The normalized spacial score (nSPS) is 10.1. The summed E-state index contributed by atoms with van der Waals surface area (Å²) in [5, 5.41) is 2.81. The SMILES string of the molecule is CCOC(=O)c1cccc(NC(=O)c2ccc(OC)c(OC)c2)c1C. The van der Waals surface area contributed by atoms with Crippen LogP contribution in [0.15, 0.2) is 36.4 Å². The lowest BCUT2D eigenvalue weighted by Crippen LogP contribution is -2.15. The van der Waals surface area contributed by atoms with Crippen LogP contribution in [0.5, 0.6) is 11.5 Å². The van der Waals surface area contributed by atoms with Gasteiger partial charge in [0.2, 0.25) is 0 Å². The molecule has 0 aliphatic heterocycles. The molecule has 0 aliphatic carbocycles. The number of benzene rings is 2. The zero-order valence-electron chi connectivity index (χ0n) is 14.7. The first-order chi connectivity index (χ1) is 12.0. The van der Waals surface area contributed by atoms with E-state index in [2.05, 4.69) is 5.32 Å². The minimum absolute atomic E-state index is 0.292. The molecular weight excluding hydrogens is 322 g/mol. The molecule has 0 heterocycles. The van der Waals surface area contributed by atoms with Crippen LogP contribution < -0.4 is 14.8 Å². The van der Waals surface area contributed by atoms with Crippen molar-refractivity contribution >= 4 is 17.6 Å². The van der Waals surface area contributed by atoms with Crippen molar-refractivity contribution in [3.63, 3.8) is 0 Å². The maximum Gasteiger partial charge on any atom is 0.338 e. The van der Waals surface area contributed by atoms with E-state index in [1.165, 1.54) is 14.2 Å². The smallest absolute Gasteiger partial charge is 0.338 e. The van der Waals surface area contributed by atoms with Crippen LogP contribution in [0.25, 0.3) is 0 Å². The van der Waals surface area contributed by atoms with Gasteiger partial charge >= 0.3 is 5.97 Å². The maximum absolute atomic E-state index is 12.5. The lowest BCUT2D eigenvalue weighted by molar-refractivity contribution is 0.0525. The van der Waals surface area contributed by atoms with Crippen molar-refractivity contribution in [2.45, 2.75) is 13.8 Å². The Hall–Kier alpha value is -3.02. The van der Waals surface area contributed by atoms with Crippen LogP contribution in [0.3, 0.4) is 0 Å². The Kier molecular flexibility index (Phi) is 6.00. The van der Waals surface area contributed by atoms with E-state index < -0.39 is 5.97 Å². The lowest BCUT2D eigenvalue weighted by Gasteiger charge is -2.13. The highest BCUT2D eigenvalue weighted by Crippen LogP contribution is 2.28. The van der Waals surface area contributed by atoms with Crippen molar-refractivity contribution in [1.29, 1.82) is 0 Å². The first kappa shape index (κ1) is 18.3. The van der Waals surface area contributed by atoms with E-state index in [4.69, 9.17) is 14.2 Å². The summed E-state index contributed by atoms with van der Waals surface area (Å²) in [4.78, 5) is 24.5. The van der Waals surface area contributed by atoms with Crippen LogP contribution in [0.4, 0.5) is 5.69 Å². The molecule has 0 fully saturated rings. The van der Waals surface area contributed by atoms with Crippen LogP contribution in [-0.2, 0) is 4.74 Å². The van der Waals surface area contributed by atoms with E-state index in [0.717, 1.165) is 0 Å². The fourth-order valence-corrected chi connectivity index (χ4v) is 2.37. The number of carbonyl (C=O) groups is 2. The van der Waals surface area contributed by atoms with Gasteiger partial charge in [-0.1, -0.05) is 6.07 Å². The topological polar surface area (TPSA) is 73.9 Å². The second kappa shape index (κ2) is 8.19. The fraction of sp³-hybridized carbons (Fsp3) is 0.263. The Morgan fingerprint density at radius 3 is 2.40 bits per heavy atom. The Morgan fingerprint density at radius 2 is 1.76 bits per heavy atom. The summed E-state index contributed by atoms with van der Waals surface area (Å²) in [5.41, 5.74) is 2.03. The lowest BCUT2D eigenvalue weighted by atomic mass is 10.1. The number of hydrogen-bond donors (Lipinski definition) is 1. The van der Waals surface area contributed by atoms with Gasteiger partial charge in [-0.25, -0.2) is 4.79 Å². The average Bonchev–Trinajstić information content (AvgIpc) is 2.62. The number of ether oxygens (including phenoxy) is 3. The molecule has 2 aromatic carbocycles. The highest BCUT2D eigenvalue weighted by atomic mass is 16.5. The molecule has 0 bridgehead atoms. The van der Waals surface area contributed by atoms with Crippen LogP contribution >= 0.6 is 0 Å². The fourth-order valence-electron chi connectivity index (χ4n) is 2.37. The van der Waals surface area contributed by atoms with E-state index in [-0.39, 0.29) is 5.91 Å².